The zero-order chi connectivity index (χ0) is 20.2. The summed E-state index contributed by atoms with van der Waals surface area (Å²) in [6.07, 6.45) is 0.848. The van der Waals surface area contributed by atoms with Crippen LogP contribution < -0.4 is 14.2 Å². The molecule has 4 rings (SSSR count). The zero-order valence-corrected chi connectivity index (χ0v) is 17.9. The van der Waals surface area contributed by atoms with Crippen molar-refractivity contribution in [2.75, 3.05) is 20.3 Å². The monoisotopic (exact) mass is 431 g/mol. The molecule has 152 valence electrons. The maximum Gasteiger partial charge on any atom is 0.191 e. The fourth-order valence-corrected chi connectivity index (χ4v) is 4.44. The zero-order valence-electron chi connectivity index (χ0n) is 16.4. The number of thioether (sulfide) groups is 1. The Morgan fingerprint density at radius 1 is 1.17 bits per heavy atom. The average molecular weight is 432 g/mol. The Labute approximate surface area is 179 Å². The molecular weight excluding hydrogens is 410 g/mol. The van der Waals surface area contributed by atoms with Crippen LogP contribution in [0.15, 0.2) is 41.6 Å². The third-order valence-electron chi connectivity index (χ3n) is 4.61. The molecule has 0 aliphatic carbocycles. The highest BCUT2D eigenvalue weighted by Crippen LogP contribution is 2.39. The predicted octanol–water partition coefficient (Wildman–Crippen LogP) is 5.08. The second-order valence-electron chi connectivity index (χ2n) is 6.49. The Morgan fingerprint density at radius 2 is 2.00 bits per heavy atom. The lowest BCUT2D eigenvalue weighted by Gasteiger charge is -2.12. The molecule has 0 bridgehead atoms. The van der Waals surface area contributed by atoms with E-state index in [0.717, 1.165) is 40.8 Å². The van der Waals surface area contributed by atoms with E-state index < -0.39 is 0 Å². The van der Waals surface area contributed by atoms with Crippen molar-refractivity contribution in [2.45, 2.75) is 30.8 Å². The van der Waals surface area contributed by atoms with Gasteiger partial charge in [0.15, 0.2) is 22.5 Å². The van der Waals surface area contributed by atoms with Crippen molar-refractivity contribution >= 4 is 23.4 Å². The van der Waals surface area contributed by atoms with E-state index in [1.807, 2.05) is 36.4 Å². The lowest BCUT2D eigenvalue weighted by atomic mass is 10.2. The lowest BCUT2D eigenvalue weighted by Crippen LogP contribution is -2.01. The molecule has 1 aromatic heterocycles. The molecule has 29 heavy (non-hydrogen) atoms. The Morgan fingerprint density at radius 3 is 2.83 bits per heavy atom. The van der Waals surface area contributed by atoms with Gasteiger partial charge in [-0.25, -0.2) is 0 Å². The van der Waals surface area contributed by atoms with E-state index in [2.05, 4.69) is 21.7 Å². The van der Waals surface area contributed by atoms with Gasteiger partial charge in [-0.05, 0) is 36.8 Å². The second-order valence-corrected chi connectivity index (χ2v) is 7.84. The smallest absolute Gasteiger partial charge is 0.191 e. The van der Waals surface area contributed by atoms with Crippen LogP contribution in [0.2, 0.25) is 5.02 Å². The van der Waals surface area contributed by atoms with Crippen molar-refractivity contribution in [1.82, 2.24) is 14.8 Å². The summed E-state index contributed by atoms with van der Waals surface area (Å²) >= 11 is 8.03. The van der Waals surface area contributed by atoms with Gasteiger partial charge in [-0.2, -0.15) is 0 Å². The van der Waals surface area contributed by atoms with Gasteiger partial charge in [-0.15, -0.1) is 10.2 Å². The molecule has 0 saturated carbocycles. The van der Waals surface area contributed by atoms with Gasteiger partial charge in [0.2, 0.25) is 0 Å². The molecule has 2 aromatic carbocycles. The molecule has 1 aliphatic rings. The Kier molecular flexibility index (Phi) is 6.16. The molecule has 0 unspecified atom stereocenters. The molecule has 2 heterocycles. The van der Waals surface area contributed by atoms with Crippen molar-refractivity contribution in [3.63, 3.8) is 0 Å². The lowest BCUT2D eigenvalue weighted by molar-refractivity contribution is 0.297. The summed E-state index contributed by atoms with van der Waals surface area (Å²) in [5.41, 5.74) is 1.98. The molecule has 1 aliphatic heterocycles. The summed E-state index contributed by atoms with van der Waals surface area (Å²) in [6.45, 7) is 4.08. The van der Waals surface area contributed by atoms with E-state index in [1.54, 1.807) is 18.9 Å². The van der Waals surface area contributed by atoms with Crippen LogP contribution >= 0.6 is 23.4 Å². The highest BCUT2D eigenvalue weighted by Gasteiger charge is 2.18. The van der Waals surface area contributed by atoms with E-state index in [4.69, 9.17) is 25.8 Å². The molecule has 0 fully saturated rings. The van der Waals surface area contributed by atoms with Gasteiger partial charge < -0.3 is 18.8 Å². The van der Waals surface area contributed by atoms with E-state index >= 15 is 0 Å². The number of hydrogen-bond donors (Lipinski definition) is 0. The van der Waals surface area contributed by atoms with Crippen molar-refractivity contribution in [2.24, 2.45) is 0 Å². The number of halogens is 1. The Bertz CT molecular complexity index is 1010. The first-order valence-electron chi connectivity index (χ1n) is 9.48. The van der Waals surface area contributed by atoms with E-state index in [1.165, 1.54) is 0 Å². The summed E-state index contributed by atoms with van der Waals surface area (Å²) in [4.78, 5) is 0. The fourth-order valence-electron chi connectivity index (χ4n) is 3.22. The van der Waals surface area contributed by atoms with Gasteiger partial charge in [0.1, 0.15) is 5.75 Å². The van der Waals surface area contributed by atoms with E-state index in [0.29, 0.717) is 35.5 Å². The molecule has 8 heteroatoms. The quantitative estimate of drug-likeness (QED) is 0.507. The summed E-state index contributed by atoms with van der Waals surface area (Å²) < 4.78 is 19.1. The number of para-hydroxylation sites is 1. The Balaban J connectivity index is 1.57. The van der Waals surface area contributed by atoms with Crippen LogP contribution in [0.1, 0.15) is 18.9 Å². The Hall–Kier alpha value is -2.38. The van der Waals surface area contributed by atoms with Crippen LogP contribution in [-0.2, 0) is 12.3 Å². The van der Waals surface area contributed by atoms with Gasteiger partial charge >= 0.3 is 0 Å². The predicted molar refractivity (Wildman–Crippen MR) is 114 cm³/mol. The topological polar surface area (TPSA) is 58.4 Å². The standard InChI is InChI=1S/C21H22ClN3O3S/c1-3-25-20(15-7-4-5-8-17(15)26-2)23-24-21(25)29-13-14-11-16(22)19-18(12-14)27-9-6-10-28-19/h4-5,7-8,11-12H,3,6,9-10,13H2,1-2H3. The fraction of sp³-hybridized carbons (Fsp3) is 0.333. The number of rotatable bonds is 6. The first kappa shape index (κ1) is 19.9. The molecule has 0 N–H and O–H groups in total. The molecule has 0 spiro atoms. The molecule has 3 aromatic rings. The van der Waals surface area contributed by atoms with Gasteiger partial charge in [0.25, 0.3) is 0 Å². The highest BCUT2D eigenvalue weighted by atomic mass is 35.5. The van der Waals surface area contributed by atoms with Gasteiger partial charge in [0.05, 0.1) is 30.9 Å². The molecule has 0 radical (unpaired) electrons. The number of methoxy groups -OCH3 is 1. The maximum atomic E-state index is 6.42. The molecule has 0 atom stereocenters. The summed E-state index contributed by atoms with van der Waals surface area (Å²) in [7, 11) is 1.66. The minimum Gasteiger partial charge on any atom is -0.496 e. The number of ether oxygens (including phenoxy) is 3. The van der Waals surface area contributed by atoms with Crippen LogP contribution in [0.3, 0.4) is 0 Å². The van der Waals surface area contributed by atoms with Crippen molar-refractivity contribution in [1.29, 1.82) is 0 Å². The SMILES string of the molecule is CCn1c(SCc2cc(Cl)c3c(c2)OCCCO3)nnc1-c1ccccc1OC. The molecular formula is C21H22ClN3O3S. The number of fused-ring (bicyclic) bond motifs is 1. The molecule has 0 saturated heterocycles. The van der Waals surface area contributed by atoms with Gasteiger partial charge in [-0.1, -0.05) is 35.5 Å². The number of nitrogens with zero attached hydrogens (tertiary/aromatic N) is 3. The van der Waals surface area contributed by atoms with Crippen LogP contribution in [0, 0.1) is 0 Å². The number of benzene rings is 2. The maximum absolute atomic E-state index is 6.42. The minimum absolute atomic E-state index is 0.576. The van der Waals surface area contributed by atoms with Crippen molar-refractivity contribution in [3.8, 4) is 28.6 Å². The average Bonchev–Trinajstić information content (AvgIpc) is 3.00. The van der Waals surface area contributed by atoms with E-state index in [-0.39, 0.29) is 0 Å². The first-order valence-corrected chi connectivity index (χ1v) is 10.8. The summed E-state index contributed by atoms with van der Waals surface area (Å²) in [5.74, 6) is 3.61. The highest BCUT2D eigenvalue weighted by molar-refractivity contribution is 7.98. The number of hydrogen-bond acceptors (Lipinski definition) is 6. The molecule has 6 nitrogen and oxygen atoms in total. The normalized spacial score (nSPS) is 13.2. The van der Waals surface area contributed by atoms with E-state index in [9.17, 15) is 0 Å². The minimum atomic E-state index is 0.576. The third kappa shape index (κ3) is 4.16. The van der Waals surface area contributed by atoms with Crippen molar-refractivity contribution < 1.29 is 14.2 Å². The number of aromatic nitrogens is 3. The van der Waals surface area contributed by atoms with Crippen LogP contribution in [-0.4, -0.2) is 35.1 Å². The first-order chi connectivity index (χ1) is 14.2. The summed E-state index contributed by atoms with van der Waals surface area (Å²) in [5, 5.41) is 10.2. The van der Waals surface area contributed by atoms with Gasteiger partial charge in [0, 0.05) is 18.7 Å². The van der Waals surface area contributed by atoms with Gasteiger partial charge in [-0.3, -0.25) is 0 Å². The molecule has 0 amide bonds. The second kappa shape index (κ2) is 8.97. The third-order valence-corrected chi connectivity index (χ3v) is 5.93. The largest absolute Gasteiger partial charge is 0.496 e. The van der Waals surface area contributed by atoms with Crippen LogP contribution in [0.25, 0.3) is 11.4 Å². The van der Waals surface area contributed by atoms with Crippen LogP contribution in [0.5, 0.6) is 17.2 Å². The summed E-state index contributed by atoms with van der Waals surface area (Å²) in [6, 6.07) is 11.8. The van der Waals surface area contributed by atoms with Crippen molar-refractivity contribution in [3.05, 3.63) is 47.0 Å². The van der Waals surface area contributed by atoms with Crippen LogP contribution in [0.4, 0.5) is 0 Å².